The second-order valence-electron chi connectivity index (χ2n) is 2.05. The number of nitrogens with zero attached hydrogens (tertiary/aromatic N) is 2. The minimum atomic E-state index is -0.442. The molecule has 0 aliphatic heterocycles. The first kappa shape index (κ1) is 8.39. The van der Waals surface area contributed by atoms with Crippen molar-refractivity contribution in [3.05, 3.63) is 37.0 Å². The number of nitrogens with one attached hydrogen (secondary N) is 1. The van der Waals surface area contributed by atoms with Crippen molar-refractivity contribution in [3.8, 4) is 0 Å². The van der Waals surface area contributed by atoms with Gasteiger partial charge >= 0.3 is 0 Å². The Balaban J connectivity index is 2.52. The molecule has 0 saturated heterocycles. The average Bonchev–Trinajstić information content (AvgIpc) is 2.05. The second kappa shape index (κ2) is 4.23. The van der Waals surface area contributed by atoms with Crippen LogP contribution in [0, 0.1) is 6.92 Å². The molecule has 0 atom stereocenters. The largest absolute Gasteiger partial charge is 0.273 e. The lowest BCUT2D eigenvalue weighted by Gasteiger charge is -1.90. The number of carbonyl (C=O) groups is 1. The van der Waals surface area contributed by atoms with Crippen molar-refractivity contribution in [2.75, 3.05) is 0 Å². The van der Waals surface area contributed by atoms with Gasteiger partial charge in [0.05, 0.1) is 11.9 Å². The van der Waals surface area contributed by atoms with Crippen molar-refractivity contribution in [1.82, 2.24) is 10.4 Å². The van der Waals surface area contributed by atoms with Gasteiger partial charge in [-0.15, -0.1) is 0 Å². The van der Waals surface area contributed by atoms with Crippen molar-refractivity contribution in [1.29, 1.82) is 0 Å². The Hall–Kier alpha value is -1.71. The van der Waals surface area contributed by atoms with Gasteiger partial charge in [0.1, 0.15) is 0 Å². The molecule has 0 aliphatic carbocycles. The van der Waals surface area contributed by atoms with E-state index in [-0.39, 0.29) is 0 Å². The number of pyridine rings is 1. The number of carbonyl (C=O) groups excluding carboxylic acids is 1. The van der Waals surface area contributed by atoms with Gasteiger partial charge in [-0.2, -0.15) is 5.10 Å². The molecule has 1 N–H and O–H groups in total. The van der Waals surface area contributed by atoms with Gasteiger partial charge < -0.3 is 0 Å². The highest BCUT2D eigenvalue weighted by atomic mass is 16.2. The summed E-state index contributed by atoms with van der Waals surface area (Å²) in [5.41, 5.74) is 2.86. The van der Waals surface area contributed by atoms with E-state index in [0.717, 1.165) is 0 Å². The van der Waals surface area contributed by atoms with Crippen LogP contribution in [0.25, 0.3) is 0 Å². The quantitative estimate of drug-likeness (QED) is 0.504. The van der Waals surface area contributed by atoms with E-state index in [1.807, 2.05) is 6.07 Å². The van der Waals surface area contributed by atoms with Crippen LogP contribution in [0.5, 0.6) is 0 Å². The van der Waals surface area contributed by atoms with Gasteiger partial charge in [0.25, 0.3) is 0 Å². The zero-order valence-corrected chi connectivity index (χ0v) is 6.40. The summed E-state index contributed by atoms with van der Waals surface area (Å²) in [6.45, 7) is 3.09. The molecule has 0 spiro atoms. The predicted molar refractivity (Wildman–Crippen MR) is 45.3 cm³/mol. The van der Waals surface area contributed by atoms with Crippen LogP contribution in [-0.2, 0) is 4.79 Å². The Morgan fingerprint density at radius 1 is 1.67 bits per heavy atom. The average molecular weight is 162 g/mol. The molecule has 12 heavy (non-hydrogen) atoms. The number of rotatable bonds is 2. The van der Waals surface area contributed by atoms with Crippen LogP contribution in [0.1, 0.15) is 5.69 Å². The van der Waals surface area contributed by atoms with Gasteiger partial charge in [0.2, 0.25) is 5.91 Å². The molecule has 61 valence electrons. The van der Waals surface area contributed by atoms with E-state index < -0.39 is 5.91 Å². The number of hydrogen-bond acceptors (Lipinski definition) is 3. The first-order valence-electron chi connectivity index (χ1n) is 3.35. The van der Waals surface area contributed by atoms with Crippen LogP contribution in [0.3, 0.4) is 0 Å². The highest BCUT2D eigenvalue weighted by Crippen LogP contribution is 1.86. The third-order valence-electron chi connectivity index (χ3n) is 1.07. The van der Waals surface area contributed by atoms with E-state index in [9.17, 15) is 4.79 Å². The summed E-state index contributed by atoms with van der Waals surface area (Å²) in [7, 11) is 0. The van der Waals surface area contributed by atoms with Gasteiger partial charge in [0.15, 0.2) is 0 Å². The van der Waals surface area contributed by atoms with E-state index in [0.29, 0.717) is 5.69 Å². The van der Waals surface area contributed by atoms with E-state index in [1.54, 1.807) is 18.3 Å². The third kappa shape index (κ3) is 2.92. The summed E-state index contributed by atoms with van der Waals surface area (Å²) < 4.78 is 0. The summed E-state index contributed by atoms with van der Waals surface area (Å²) in [5, 5.41) is 3.59. The van der Waals surface area contributed by atoms with E-state index in [2.05, 4.69) is 22.4 Å². The van der Waals surface area contributed by atoms with Crippen LogP contribution < -0.4 is 5.43 Å². The first-order valence-corrected chi connectivity index (χ1v) is 3.35. The normalized spacial score (nSPS) is 10.1. The minimum absolute atomic E-state index is 0.442. The summed E-state index contributed by atoms with van der Waals surface area (Å²) in [5.74, 6) is -0.442. The topological polar surface area (TPSA) is 54.4 Å². The highest BCUT2D eigenvalue weighted by molar-refractivity contribution is 5.82. The molecular formula is C8H8N3O. The maximum atomic E-state index is 10.3. The van der Waals surface area contributed by atoms with Crippen LogP contribution in [0.4, 0.5) is 0 Å². The molecular weight excluding hydrogens is 154 g/mol. The molecule has 0 aromatic carbocycles. The molecule has 1 aromatic rings. The van der Waals surface area contributed by atoms with Crippen LogP contribution in [0.15, 0.2) is 29.5 Å². The number of aromatic nitrogens is 1. The van der Waals surface area contributed by atoms with Crippen LogP contribution in [0.2, 0.25) is 0 Å². The lowest BCUT2D eigenvalue weighted by molar-refractivity contribution is -0.116. The smallest absolute Gasteiger partial charge is 0.240 e. The standard InChI is InChI=1S/C8H8N3O/c1-7(12)11-10-6-8-4-2-3-5-9-8/h2-6H,1H2,(H,11,12). The van der Waals surface area contributed by atoms with Gasteiger partial charge in [-0.3, -0.25) is 9.78 Å². The number of hydrazone groups is 1. The van der Waals surface area contributed by atoms with Gasteiger partial charge in [0, 0.05) is 13.1 Å². The molecule has 4 heteroatoms. The fraction of sp³-hybridized carbons (Fsp3) is 0. The monoisotopic (exact) mass is 162 g/mol. The predicted octanol–water partition coefficient (Wildman–Crippen LogP) is 0.366. The lowest BCUT2D eigenvalue weighted by atomic mass is 10.4. The maximum absolute atomic E-state index is 10.3. The third-order valence-corrected chi connectivity index (χ3v) is 1.07. The highest BCUT2D eigenvalue weighted by Gasteiger charge is 1.86. The zero-order chi connectivity index (χ0) is 8.81. The van der Waals surface area contributed by atoms with Crippen molar-refractivity contribution >= 4 is 12.1 Å². The fourth-order valence-corrected chi connectivity index (χ4v) is 0.623. The Morgan fingerprint density at radius 2 is 2.50 bits per heavy atom. The first-order chi connectivity index (χ1) is 5.79. The molecule has 1 aromatic heterocycles. The van der Waals surface area contributed by atoms with E-state index in [4.69, 9.17) is 0 Å². The van der Waals surface area contributed by atoms with E-state index in [1.165, 1.54) is 6.21 Å². The molecule has 4 nitrogen and oxygen atoms in total. The van der Waals surface area contributed by atoms with Gasteiger partial charge in [-0.05, 0) is 12.1 Å². The van der Waals surface area contributed by atoms with E-state index >= 15 is 0 Å². The summed E-state index contributed by atoms with van der Waals surface area (Å²) in [4.78, 5) is 14.2. The summed E-state index contributed by atoms with van der Waals surface area (Å²) in [6, 6.07) is 5.41. The van der Waals surface area contributed by atoms with Gasteiger partial charge in [-0.25, -0.2) is 5.43 Å². The Kier molecular flexibility index (Phi) is 2.95. The van der Waals surface area contributed by atoms with Crippen LogP contribution in [-0.4, -0.2) is 17.1 Å². The minimum Gasteiger partial charge on any atom is -0.273 e. The number of amides is 1. The molecule has 1 amide bonds. The van der Waals surface area contributed by atoms with Gasteiger partial charge in [-0.1, -0.05) is 6.07 Å². The fourth-order valence-electron chi connectivity index (χ4n) is 0.623. The molecule has 1 radical (unpaired) electrons. The summed E-state index contributed by atoms with van der Waals surface area (Å²) in [6.07, 6.45) is 3.09. The van der Waals surface area contributed by atoms with Crippen molar-refractivity contribution in [2.45, 2.75) is 0 Å². The zero-order valence-electron chi connectivity index (χ0n) is 6.40. The summed E-state index contributed by atoms with van der Waals surface area (Å²) >= 11 is 0. The molecule has 1 heterocycles. The molecule has 0 saturated carbocycles. The molecule has 0 bridgehead atoms. The Bertz CT molecular complexity index is 282. The van der Waals surface area contributed by atoms with Crippen molar-refractivity contribution < 1.29 is 4.79 Å². The molecule has 0 unspecified atom stereocenters. The Labute approximate surface area is 70.3 Å². The molecule has 1 rings (SSSR count). The maximum Gasteiger partial charge on any atom is 0.240 e. The molecule has 0 fully saturated rings. The van der Waals surface area contributed by atoms with Crippen molar-refractivity contribution in [2.24, 2.45) is 5.10 Å². The molecule has 0 aliphatic rings. The van der Waals surface area contributed by atoms with Crippen molar-refractivity contribution in [3.63, 3.8) is 0 Å². The lowest BCUT2D eigenvalue weighted by Crippen LogP contribution is -2.12. The SMILES string of the molecule is [CH2]C(=O)NN=Cc1ccccn1. The Morgan fingerprint density at radius 3 is 3.08 bits per heavy atom. The van der Waals surface area contributed by atoms with Crippen LogP contribution >= 0.6 is 0 Å². The second-order valence-corrected chi connectivity index (χ2v) is 2.05. The number of hydrogen-bond donors (Lipinski definition) is 1.